The molecule has 188 valence electrons. The number of methoxy groups -OCH3 is 1. The van der Waals surface area contributed by atoms with Crippen LogP contribution >= 0.6 is 12.2 Å². The second-order valence-electron chi connectivity index (χ2n) is 8.87. The van der Waals surface area contributed by atoms with Gasteiger partial charge >= 0.3 is 0 Å². The number of carbonyl (C=O) groups is 1. The number of aromatic nitrogens is 2. The smallest absolute Gasteiger partial charge is 0.224 e. The van der Waals surface area contributed by atoms with E-state index in [1.165, 1.54) is 0 Å². The molecule has 1 saturated heterocycles. The van der Waals surface area contributed by atoms with E-state index in [-0.39, 0.29) is 18.0 Å². The molecule has 1 aliphatic heterocycles. The number of nitrogens with one attached hydrogen (secondary N) is 2. The minimum Gasteiger partial charge on any atom is -0.495 e. The van der Waals surface area contributed by atoms with Crippen LogP contribution in [0.2, 0.25) is 0 Å². The van der Waals surface area contributed by atoms with Gasteiger partial charge in [-0.3, -0.25) is 9.78 Å². The molecule has 3 heterocycles. The van der Waals surface area contributed by atoms with Crippen molar-refractivity contribution < 1.29 is 9.53 Å². The zero-order valence-electron chi connectivity index (χ0n) is 21.0. The number of carbonyl (C=O) groups excluding carboxylic acids is 1. The molecule has 4 aromatic rings. The van der Waals surface area contributed by atoms with Gasteiger partial charge in [0.25, 0.3) is 0 Å². The van der Waals surface area contributed by atoms with Crippen molar-refractivity contribution in [3.63, 3.8) is 0 Å². The van der Waals surface area contributed by atoms with Crippen molar-refractivity contribution in [3.8, 4) is 11.4 Å². The van der Waals surface area contributed by atoms with Crippen molar-refractivity contribution >= 4 is 34.6 Å². The molecule has 0 spiro atoms. The second kappa shape index (κ2) is 10.4. The lowest BCUT2D eigenvalue weighted by Crippen LogP contribution is -2.30. The molecule has 2 unspecified atom stereocenters. The van der Waals surface area contributed by atoms with Crippen LogP contribution in [0.15, 0.2) is 85.2 Å². The van der Waals surface area contributed by atoms with Crippen LogP contribution in [-0.2, 0) is 4.79 Å². The van der Waals surface area contributed by atoms with Gasteiger partial charge in [0.05, 0.1) is 24.5 Å². The first kappa shape index (κ1) is 24.5. The molecule has 0 radical (unpaired) electrons. The molecule has 8 heteroatoms. The van der Waals surface area contributed by atoms with E-state index >= 15 is 0 Å². The molecular formula is C29H29N5O2S. The average molecular weight is 512 g/mol. The first-order valence-electron chi connectivity index (χ1n) is 12.2. The third kappa shape index (κ3) is 4.68. The van der Waals surface area contributed by atoms with Crippen molar-refractivity contribution in [1.29, 1.82) is 0 Å². The Kier molecular flexibility index (Phi) is 6.92. The zero-order chi connectivity index (χ0) is 25.9. The summed E-state index contributed by atoms with van der Waals surface area (Å²) in [4.78, 5) is 18.8. The maximum absolute atomic E-state index is 12.0. The summed E-state index contributed by atoms with van der Waals surface area (Å²) in [6.07, 6.45) is 4.26. The zero-order valence-corrected chi connectivity index (χ0v) is 21.8. The Balaban J connectivity index is 1.63. The SMILES string of the molecule is CCC(=O)Nc1ccc(N2C(=S)NC(c3ccccn3)C2c2cccn2-c2ccccc2OC)cc1C. The predicted molar refractivity (Wildman–Crippen MR) is 150 cm³/mol. The quantitative estimate of drug-likeness (QED) is 0.310. The van der Waals surface area contributed by atoms with Gasteiger partial charge < -0.3 is 24.8 Å². The van der Waals surface area contributed by atoms with E-state index in [0.29, 0.717) is 11.5 Å². The van der Waals surface area contributed by atoms with Gasteiger partial charge in [0, 0.05) is 35.9 Å². The van der Waals surface area contributed by atoms with Gasteiger partial charge in [0.15, 0.2) is 5.11 Å². The number of nitrogens with zero attached hydrogens (tertiary/aromatic N) is 3. The van der Waals surface area contributed by atoms with Gasteiger partial charge in [-0.15, -0.1) is 0 Å². The van der Waals surface area contributed by atoms with E-state index < -0.39 is 0 Å². The van der Waals surface area contributed by atoms with E-state index in [1.807, 2.05) is 80.7 Å². The van der Waals surface area contributed by atoms with Crippen LogP contribution in [0.3, 0.4) is 0 Å². The number of benzene rings is 2. The number of rotatable bonds is 7. The highest BCUT2D eigenvalue weighted by atomic mass is 32.1. The molecule has 1 aliphatic rings. The van der Waals surface area contributed by atoms with Crippen LogP contribution < -0.4 is 20.3 Å². The summed E-state index contributed by atoms with van der Waals surface area (Å²) in [6, 6.07) is 23.6. The minimum atomic E-state index is -0.196. The summed E-state index contributed by atoms with van der Waals surface area (Å²) >= 11 is 5.91. The molecule has 2 aromatic heterocycles. The number of amides is 1. The van der Waals surface area contributed by atoms with E-state index in [4.69, 9.17) is 17.0 Å². The monoisotopic (exact) mass is 511 g/mol. The van der Waals surface area contributed by atoms with Gasteiger partial charge in [0.1, 0.15) is 11.8 Å². The number of hydrogen-bond acceptors (Lipinski definition) is 4. The number of hydrogen-bond donors (Lipinski definition) is 2. The molecule has 0 saturated carbocycles. The summed E-state index contributed by atoms with van der Waals surface area (Å²) in [7, 11) is 1.68. The molecule has 2 aromatic carbocycles. The highest BCUT2D eigenvalue weighted by molar-refractivity contribution is 7.80. The Morgan fingerprint density at radius 2 is 1.92 bits per heavy atom. The number of pyridine rings is 1. The number of thiocarbonyl (C=S) groups is 1. The summed E-state index contributed by atoms with van der Waals surface area (Å²) in [6.45, 7) is 3.83. The number of ether oxygens (including phenoxy) is 1. The van der Waals surface area contributed by atoms with Crippen LogP contribution in [0.1, 0.15) is 42.4 Å². The fourth-order valence-electron chi connectivity index (χ4n) is 4.79. The van der Waals surface area contributed by atoms with Gasteiger partial charge in [-0.1, -0.05) is 25.1 Å². The lowest BCUT2D eigenvalue weighted by atomic mass is 10.00. The first-order valence-corrected chi connectivity index (χ1v) is 12.6. The number of para-hydroxylation sites is 2. The maximum Gasteiger partial charge on any atom is 0.224 e. The van der Waals surface area contributed by atoms with Gasteiger partial charge in [-0.25, -0.2) is 0 Å². The van der Waals surface area contributed by atoms with Crippen LogP contribution in [0.25, 0.3) is 5.69 Å². The van der Waals surface area contributed by atoms with Crippen molar-refractivity contribution in [1.82, 2.24) is 14.9 Å². The molecule has 2 N–H and O–H groups in total. The molecule has 2 atom stereocenters. The van der Waals surface area contributed by atoms with Gasteiger partial charge in [0.2, 0.25) is 5.91 Å². The predicted octanol–water partition coefficient (Wildman–Crippen LogP) is 5.71. The van der Waals surface area contributed by atoms with E-state index in [0.717, 1.165) is 39.8 Å². The standard InChI is InChI=1S/C29H29N5O2S/c1-4-26(35)31-21-15-14-20(18-19(21)2)34-28(27(32-29(34)37)22-10-7-8-16-30-22)24-12-9-17-33(24)23-11-5-6-13-25(23)36-3/h5-18,27-28H,4H2,1-3H3,(H,31,35)(H,32,37). The van der Waals surface area contributed by atoms with Crippen molar-refractivity contribution in [3.05, 3.63) is 102 Å². The van der Waals surface area contributed by atoms with Crippen molar-refractivity contribution in [2.45, 2.75) is 32.4 Å². The highest BCUT2D eigenvalue weighted by Gasteiger charge is 2.42. The Morgan fingerprint density at radius 3 is 2.65 bits per heavy atom. The van der Waals surface area contributed by atoms with Gasteiger partial charge in [-0.2, -0.15) is 0 Å². The molecule has 1 fully saturated rings. The summed E-state index contributed by atoms with van der Waals surface area (Å²) in [5, 5.41) is 7.10. The summed E-state index contributed by atoms with van der Waals surface area (Å²) < 4.78 is 7.82. The third-order valence-electron chi connectivity index (χ3n) is 6.61. The lowest BCUT2D eigenvalue weighted by molar-refractivity contribution is -0.115. The molecular weight excluding hydrogens is 482 g/mol. The molecule has 0 aliphatic carbocycles. The topological polar surface area (TPSA) is 71.4 Å². The molecule has 5 rings (SSSR count). The van der Waals surface area contributed by atoms with Crippen LogP contribution in [0.4, 0.5) is 11.4 Å². The third-order valence-corrected chi connectivity index (χ3v) is 6.92. The maximum atomic E-state index is 12.0. The van der Waals surface area contributed by atoms with Crippen LogP contribution in [0, 0.1) is 6.92 Å². The lowest BCUT2D eigenvalue weighted by Gasteiger charge is -2.29. The fraction of sp³-hybridized carbons (Fsp3) is 0.207. The van der Waals surface area contributed by atoms with E-state index in [1.54, 1.807) is 13.3 Å². The number of aryl methyl sites for hydroxylation is 1. The minimum absolute atomic E-state index is 0.0167. The number of anilines is 2. The molecule has 1 amide bonds. The Bertz CT molecular complexity index is 1440. The molecule has 7 nitrogen and oxygen atoms in total. The van der Waals surface area contributed by atoms with Crippen LogP contribution in [0.5, 0.6) is 5.75 Å². The Labute approximate surface area is 222 Å². The van der Waals surface area contributed by atoms with Gasteiger partial charge in [-0.05, 0) is 79.3 Å². The molecule has 37 heavy (non-hydrogen) atoms. The largest absolute Gasteiger partial charge is 0.495 e. The average Bonchev–Trinajstić information content (AvgIpc) is 3.54. The van der Waals surface area contributed by atoms with Crippen LogP contribution in [-0.4, -0.2) is 27.7 Å². The normalized spacial score (nSPS) is 16.9. The Hall–Kier alpha value is -4.17. The fourth-order valence-corrected chi connectivity index (χ4v) is 5.14. The summed E-state index contributed by atoms with van der Waals surface area (Å²) in [5.74, 6) is 0.762. The Morgan fingerprint density at radius 1 is 1.11 bits per heavy atom. The van der Waals surface area contributed by atoms with E-state index in [9.17, 15) is 4.79 Å². The van der Waals surface area contributed by atoms with Crippen molar-refractivity contribution in [2.75, 3.05) is 17.3 Å². The summed E-state index contributed by atoms with van der Waals surface area (Å²) in [5.41, 5.74) is 5.56. The molecule has 0 bridgehead atoms. The first-order chi connectivity index (χ1) is 18.0. The second-order valence-corrected chi connectivity index (χ2v) is 9.26. The van der Waals surface area contributed by atoms with E-state index in [2.05, 4.69) is 37.2 Å². The van der Waals surface area contributed by atoms with Crippen molar-refractivity contribution in [2.24, 2.45) is 0 Å². The highest BCUT2D eigenvalue weighted by Crippen LogP contribution is 2.43.